The number of nitrogens with zero attached hydrogens (tertiary/aromatic N) is 4. The number of hydrogen-bond donors (Lipinski definition) is 4. The monoisotopic (exact) mass is 534 g/mol. The number of aliphatic hydroxyl groups is 2. The van der Waals surface area contributed by atoms with Gasteiger partial charge in [0.15, 0.2) is 17.2 Å². The van der Waals surface area contributed by atoms with E-state index in [1.54, 1.807) is 0 Å². The number of hydrogen-bond acceptors (Lipinski definition) is 8. The van der Waals surface area contributed by atoms with Gasteiger partial charge < -0.3 is 20.3 Å². The van der Waals surface area contributed by atoms with Crippen LogP contribution in [0.3, 0.4) is 0 Å². The molecule has 0 saturated heterocycles. The molecule has 1 amide bonds. The Hall–Kier alpha value is -5.01. The zero-order valence-electron chi connectivity index (χ0n) is 20.0. The first-order chi connectivity index (χ1) is 18.8. The summed E-state index contributed by atoms with van der Waals surface area (Å²) in [6.45, 7) is -0.460. The Bertz CT molecular complexity index is 1720. The van der Waals surface area contributed by atoms with E-state index in [0.29, 0.717) is 11.1 Å². The molecule has 5 rings (SSSR count). The van der Waals surface area contributed by atoms with Gasteiger partial charge in [-0.25, -0.2) is 13.8 Å². The molecule has 4 N–H and O–H groups in total. The highest BCUT2D eigenvalue weighted by Gasteiger charge is 2.18. The molecule has 0 radical (unpaired) electrons. The quantitative estimate of drug-likeness (QED) is 0.237. The summed E-state index contributed by atoms with van der Waals surface area (Å²) in [5, 5.41) is 32.5. The molecule has 0 aliphatic heterocycles. The number of ether oxygens (including phenoxy) is 1. The van der Waals surface area contributed by atoms with Crippen molar-refractivity contribution < 1.29 is 28.5 Å². The molecular formula is C26H20F2N6O5. The molecule has 2 aromatic carbocycles. The van der Waals surface area contributed by atoms with Gasteiger partial charge in [-0.05, 0) is 48.5 Å². The summed E-state index contributed by atoms with van der Waals surface area (Å²) in [4.78, 5) is 29.7. The van der Waals surface area contributed by atoms with Gasteiger partial charge in [-0.15, -0.1) is 0 Å². The van der Waals surface area contributed by atoms with Crippen LogP contribution >= 0.6 is 0 Å². The zero-order chi connectivity index (χ0) is 27.5. The predicted octanol–water partition coefficient (Wildman–Crippen LogP) is 2.72. The first-order valence-electron chi connectivity index (χ1n) is 11.6. The highest BCUT2D eigenvalue weighted by molar-refractivity contribution is 6.04. The molecule has 39 heavy (non-hydrogen) atoms. The number of anilines is 1. The van der Waals surface area contributed by atoms with Crippen molar-refractivity contribution in [2.75, 3.05) is 11.9 Å². The second kappa shape index (κ2) is 10.8. The van der Waals surface area contributed by atoms with Crippen LogP contribution in [0.25, 0.3) is 16.7 Å². The fourth-order valence-electron chi connectivity index (χ4n) is 3.84. The van der Waals surface area contributed by atoms with E-state index in [-0.39, 0.29) is 40.5 Å². The minimum atomic E-state index is -1.04. The number of aliphatic hydroxyl groups excluding tert-OH is 2. The highest BCUT2D eigenvalue weighted by Crippen LogP contribution is 2.33. The van der Waals surface area contributed by atoms with Crippen LogP contribution in [0.2, 0.25) is 0 Å². The Morgan fingerprint density at radius 1 is 1.08 bits per heavy atom. The van der Waals surface area contributed by atoms with E-state index in [1.807, 2.05) is 0 Å². The molecule has 0 aliphatic rings. The van der Waals surface area contributed by atoms with Crippen LogP contribution in [0.4, 0.5) is 14.5 Å². The van der Waals surface area contributed by atoms with Crippen LogP contribution in [0.1, 0.15) is 16.1 Å². The van der Waals surface area contributed by atoms with E-state index < -0.39 is 35.8 Å². The summed E-state index contributed by atoms with van der Waals surface area (Å²) in [6, 6.07) is 11.4. The molecule has 198 valence electrons. The molecule has 11 nitrogen and oxygen atoms in total. The van der Waals surface area contributed by atoms with E-state index in [0.717, 1.165) is 22.9 Å². The molecule has 0 saturated carbocycles. The number of aromatic amines is 1. The SMILES string of the molecule is O=C(Nc1ccc(Oc2ccnc3n[nH]c(C[C@H](O)CO)c23)c(F)c1)c1ccnn(-c2ccc(F)cc2)c1=O. The van der Waals surface area contributed by atoms with Crippen LogP contribution in [0, 0.1) is 11.6 Å². The number of aromatic nitrogens is 5. The van der Waals surface area contributed by atoms with Crippen LogP contribution < -0.4 is 15.6 Å². The Morgan fingerprint density at radius 2 is 1.87 bits per heavy atom. The maximum atomic E-state index is 15.0. The Morgan fingerprint density at radius 3 is 2.62 bits per heavy atom. The largest absolute Gasteiger partial charge is 0.453 e. The number of halogens is 2. The third kappa shape index (κ3) is 5.35. The minimum Gasteiger partial charge on any atom is -0.453 e. The number of pyridine rings is 1. The van der Waals surface area contributed by atoms with Crippen LogP contribution in [-0.4, -0.2) is 53.8 Å². The lowest BCUT2D eigenvalue weighted by atomic mass is 10.1. The number of carbonyl (C=O) groups excluding carboxylic acids is 1. The number of nitrogens with one attached hydrogen (secondary N) is 2. The molecular weight excluding hydrogens is 514 g/mol. The summed E-state index contributed by atoms with van der Waals surface area (Å²) < 4.78 is 34.9. The van der Waals surface area contributed by atoms with Crippen LogP contribution in [-0.2, 0) is 6.42 Å². The number of benzene rings is 2. The van der Waals surface area contributed by atoms with Crippen LogP contribution in [0.15, 0.2) is 71.8 Å². The van der Waals surface area contributed by atoms with Gasteiger partial charge in [-0.1, -0.05) is 0 Å². The molecule has 0 aliphatic carbocycles. The third-order valence-corrected chi connectivity index (χ3v) is 5.71. The Balaban J connectivity index is 1.36. The number of rotatable bonds is 8. The van der Waals surface area contributed by atoms with Gasteiger partial charge >= 0.3 is 0 Å². The molecule has 3 aromatic heterocycles. The topological polar surface area (TPSA) is 155 Å². The maximum Gasteiger partial charge on any atom is 0.284 e. The molecule has 0 bridgehead atoms. The number of amides is 1. The van der Waals surface area contributed by atoms with Crippen molar-refractivity contribution >= 4 is 22.6 Å². The second-order valence-electron chi connectivity index (χ2n) is 8.39. The molecule has 0 unspecified atom stereocenters. The van der Waals surface area contributed by atoms with Crippen molar-refractivity contribution in [1.82, 2.24) is 25.0 Å². The molecule has 0 spiro atoms. The van der Waals surface area contributed by atoms with Gasteiger partial charge in [0.05, 0.1) is 29.5 Å². The van der Waals surface area contributed by atoms with Gasteiger partial charge in [0, 0.05) is 30.6 Å². The number of fused-ring (bicyclic) bond motifs is 1. The minimum absolute atomic E-state index is 0.0420. The third-order valence-electron chi connectivity index (χ3n) is 5.71. The van der Waals surface area contributed by atoms with E-state index in [4.69, 9.17) is 9.84 Å². The number of carbonyl (C=O) groups is 1. The summed E-state index contributed by atoms with van der Waals surface area (Å²) in [7, 11) is 0. The standard InChI is InChI=1S/C26H20F2N6O5/c27-14-1-4-16(5-2-14)34-26(38)18(7-10-30-34)25(37)31-15-3-6-21(19(28)11-15)39-22-8-9-29-24-23(22)20(32-33-24)12-17(36)13-35/h1-11,17,35-36H,12-13H2,(H,31,37)(H,29,32,33)/t17-/m0/s1. The van der Waals surface area contributed by atoms with E-state index in [9.17, 15) is 23.5 Å². The maximum absolute atomic E-state index is 15.0. The summed E-state index contributed by atoms with van der Waals surface area (Å²) in [5.74, 6) is -2.06. The lowest BCUT2D eigenvalue weighted by Crippen LogP contribution is -2.29. The summed E-state index contributed by atoms with van der Waals surface area (Å²) in [5.41, 5.74) is 0.0470. The summed E-state index contributed by atoms with van der Waals surface area (Å²) in [6.07, 6.45) is 1.67. The molecule has 13 heteroatoms. The van der Waals surface area contributed by atoms with Gasteiger partial charge in [0.25, 0.3) is 11.5 Å². The van der Waals surface area contributed by atoms with Crippen molar-refractivity contribution in [3.05, 3.63) is 100 Å². The zero-order valence-corrected chi connectivity index (χ0v) is 20.0. The highest BCUT2D eigenvalue weighted by atomic mass is 19.1. The average molecular weight is 534 g/mol. The molecule has 5 aromatic rings. The van der Waals surface area contributed by atoms with E-state index in [1.165, 1.54) is 48.8 Å². The van der Waals surface area contributed by atoms with E-state index in [2.05, 4.69) is 25.6 Å². The van der Waals surface area contributed by atoms with Crippen molar-refractivity contribution in [1.29, 1.82) is 0 Å². The van der Waals surface area contributed by atoms with E-state index >= 15 is 0 Å². The lowest BCUT2D eigenvalue weighted by Gasteiger charge is -2.11. The van der Waals surface area contributed by atoms with Gasteiger partial charge in [-0.2, -0.15) is 14.9 Å². The van der Waals surface area contributed by atoms with Crippen LogP contribution in [0.5, 0.6) is 11.5 Å². The fourth-order valence-corrected chi connectivity index (χ4v) is 3.84. The Labute approximate surface area is 218 Å². The molecule has 1 atom stereocenters. The van der Waals surface area contributed by atoms with Crippen molar-refractivity contribution in [3.8, 4) is 17.2 Å². The first-order valence-corrected chi connectivity index (χ1v) is 11.6. The Kier molecular flexibility index (Phi) is 7.08. The lowest BCUT2D eigenvalue weighted by molar-refractivity contribution is 0.0949. The normalized spacial score (nSPS) is 11.9. The van der Waals surface area contributed by atoms with Crippen molar-refractivity contribution in [3.63, 3.8) is 0 Å². The summed E-state index contributed by atoms with van der Waals surface area (Å²) >= 11 is 0. The second-order valence-corrected chi connectivity index (χ2v) is 8.39. The predicted molar refractivity (Wildman–Crippen MR) is 135 cm³/mol. The van der Waals surface area contributed by atoms with Crippen molar-refractivity contribution in [2.45, 2.75) is 12.5 Å². The van der Waals surface area contributed by atoms with Gasteiger partial charge in [0.1, 0.15) is 17.1 Å². The molecule has 3 heterocycles. The average Bonchev–Trinajstić information content (AvgIpc) is 3.34. The first kappa shape index (κ1) is 25.6. The van der Waals surface area contributed by atoms with Gasteiger partial charge in [-0.3, -0.25) is 14.7 Å². The van der Waals surface area contributed by atoms with Crippen molar-refractivity contribution in [2.24, 2.45) is 0 Å². The molecule has 0 fully saturated rings. The fraction of sp³-hybridized carbons (Fsp3) is 0.115. The number of H-pyrrole nitrogens is 1. The van der Waals surface area contributed by atoms with Gasteiger partial charge in [0.2, 0.25) is 0 Å². The smallest absolute Gasteiger partial charge is 0.284 e.